The van der Waals surface area contributed by atoms with Crippen LogP contribution in [0.1, 0.15) is 31.4 Å². The third-order valence-electron chi connectivity index (χ3n) is 5.50. The van der Waals surface area contributed by atoms with Gasteiger partial charge in [0.2, 0.25) is 5.91 Å². The molecule has 28 heavy (non-hydrogen) atoms. The molecule has 4 nitrogen and oxygen atoms in total. The lowest BCUT2D eigenvalue weighted by atomic mass is 10.1. The molecule has 150 valence electrons. The lowest BCUT2D eigenvalue weighted by molar-refractivity contribution is -0.134. The molecule has 2 aromatic carbocycles. The van der Waals surface area contributed by atoms with E-state index in [0.29, 0.717) is 13.0 Å². The molecule has 0 aromatic heterocycles. The SMILES string of the molecule is CC(C)N(Cc1ccccc1)C(=O)CCN1CCN(Cc2ccccc2)CC1. The highest BCUT2D eigenvalue weighted by Gasteiger charge is 2.21. The van der Waals surface area contributed by atoms with Crippen LogP contribution in [0.3, 0.4) is 0 Å². The second kappa shape index (κ2) is 10.4. The zero-order chi connectivity index (χ0) is 19.8. The number of benzene rings is 2. The monoisotopic (exact) mass is 379 g/mol. The lowest BCUT2D eigenvalue weighted by Gasteiger charge is -2.35. The van der Waals surface area contributed by atoms with Crippen LogP contribution >= 0.6 is 0 Å². The maximum absolute atomic E-state index is 12.8. The normalized spacial score (nSPS) is 15.7. The molecule has 0 N–H and O–H groups in total. The van der Waals surface area contributed by atoms with E-state index in [1.54, 1.807) is 0 Å². The van der Waals surface area contributed by atoms with Crippen LogP contribution in [0, 0.1) is 0 Å². The summed E-state index contributed by atoms with van der Waals surface area (Å²) in [5, 5.41) is 0. The number of hydrogen-bond acceptors (Lipinski definition) is 3. The van der Waals surface area contributed by atoms with Gasteiger partial charge in [-0.15, -0.1) is 0 Å². The van der Waals surface area contributed by atoms with Crippen LogP contribution in [0.15, 0.2) is 60.7 Å². The average Bonchev–Trinajstić information content (AvgIpc) is 2.72. The molecule has 1 aliphatic heterocycles. The number of piperazine rings is 1. The van der Waals surface area contributed by atoms with Crippen molar-refractivity contribution in [1.82, 2.24) is 14.7 Å². The van der Waals surface area contributed by atoms with E-state index < -0.39 is 0 Å². The Labute approximate surface area is 169 Å². The van der Waals surface area contributed by atoms with Crippen molar-refractivity contribution in [2.24, 2.45) is 0 Å². The van der Waals surface area contributed by atoms with Crippen molar-refractivity contribution >= 4 is 5.91 Å². The second-order valence-corrected chi connectivity index (χ2v) is 7.95. The van der Waals surface area contributed by atoms with Gasteiger partial charge in [0.25, 0.3) is 0 Å². The van der Waals surface area contributed by atoms with Crippen LogP contribution in [0.4, 0.5) is 0 Å². The largest absolute Gasteiger partial charge is 0.336 e. The Balaban J connectivity index is 1.42. The van der Waals surface area contributed by atoms with E-state index in [4.69, 9.17) is 0 Å². The molecule has 3 rings (SSSR count). The molecule has 1 amide bonds. The van der Waals surface area contributed by atoms with Gasteiger partial charge >= 0.3 is 0 Å². The van der Waals surface area contributed by atoms with Gasteiger partial charge in [0.1, 0.15) is 0 Å². The van der Waals surface area contributed by atoms with Crippen LogP contribution in [0.25, 0.3) is 0 Å². The standard InChI is InChI=1S/C24H33N3O/c1-21(2)27(20-23-11-7-4-8-12-23)24(28)13-14-25-15-17-26(18-16-25)19-22-9-5-3-6-10-22/h3-12,21H,13-20H2,1-2H3. The van der Waals surface area contributed by atoms with Crippen molar-refractivity contribution in [3.8, 4) is 0 Å². The minimum atomic E-state index is 0.218. The maximum atomic E-state index is 12.8. The van der Waals surface area contributed by atoms with E-state index in [2.05, 4.69) is 66.1 Å². The molecule has 0 unspecified atom stereocenters. The Hall–Kier alpha value is -2.17. The molecular formula is C24H33N3O. The molecule has 4 heteroatoms. The van der Waals surface area contributed by atoms with Crippen molar-refractivity contribution in [3.63, 3.8) is 0 Å². The van der Waals surface area contributed by atoms with Crippen LogP contribution in [-0.4, -0.2) is 59.4 Å². The summed E-state index contributed by atoms with van der Waals surface area (Å²) in [6, 6.07) is 21.1. The lowest BCUT2D eigenvalue weighted by Crippen LogP contribution is -2.47. The molecule has 1 aliphatic rings. The van der Waals surface area contributed by atoms with Gasteiger partial charge in [0.15, 0.2) is 0 Å². The number of hydrogen-bond donors (Lipinski definition) is 0. The summed E-state index contributed by atoms with van der Waals surface area (Å²) in [5.74, 6) is 0.255. The zero-order valence-electron chi connectivity index (χ0n) is 17.3. The molecular weight excluding hydrogens is 346 g/mol. The fourth-order valence-corrected chi connectivity index (χ4v) is 3.75. The summed E-state index contributed by atoms with van der Waals surface area (Å²) in [4.78, 5) is 19.8. The van der Waals surface area contributed by atoms with Crippen molar-refractivity contribution in [3.05, 3.63) is 71.8 Å². The van der Waals surface area contributed by atoms with E-state index >= 15 is 0 Å². The maximum Gasteiger partial charge on any atom is 0.224 e. The smallest absolute Gasteiger partial charge is 0.224 e. The first kappa shape index (κ1) is 20.6. The Morgan fingerprint density at radius 1 is 0.857 bits per heavy atom. The van der Waals surface area contributed by atoms with E-state index in [1.165, 1.54) is 11.1 Å². The molecule has 1 fully saturated rings. The van der Waals surface area contributed by atoms with Crippen LogP contribution < -0.4 is 0 Å². The number of amides is 1. The van der Waals surface area contributed by atoms with Crippen LogP contribution in [-0.2, 0) is 17.9 Å². The first-order chi connectivity index (χ1) is 13.6. The molecule has 1 heterocycles. The van der Waals surface area contributed by atoms with Gasteiger partial charge in [0, 0.05) is 58.3 Å². The third-order valence-corrected chi connectivity index (χ3v) is 5.50. The number of carbonyl (C=O) groups is 1. The minimum absolute atomic E-state index is 0.218. The zero-order valence-corrected chi connectivity index (χ0v) is 17.3. The number of carbonyl (C=O) groups excluding carboxylic acids is 1. The summed E-state index contributed by atoms with van der Waals surface area (Å²) in [6.07, 6.45) is 0.601. The number of nitrogens with zero attached hydrogens (tertiary/aromatic N) is 3. The molecule has 0 bridgehead atoms. The molecule has 0 atom stereocenters. The second-order valence-electron chi connectivity index (χ2n) is 7.95. The van der Waals surface area contributed by atoms with Gasteiger partial charge in [-0.3, -0.25) is 9.69 Å². The first-order valence-corrected chi connectivity index (χ1v) is 10.4. The predicted molar refractivity (Wildman–Crippen MR) is 115 cm³/mol. The predicted octanol–water partition coefficient (Wildman–Crippen LogP) is 3.63. The highest BCUT2D eigenvalue weighted by Crippen LogP contribution is 2.12. The summed E-state index contributed by atoms with van der Waals surface area (Å²) in [5.41, 5.74) is 2.57. The highest BCUT2D eigenvalue weighted by atomic mass is 16.2. The van der Waals surface area contributed by atoms with Crippen molar-refractivity contribution in [1.29, 1.82) is 0 Å². The van der Waals surface area contributed by atoms with Gasteiger partial charge in [-0.25, -0.2) is 0 Å². The van der Waals surface area contributed by atoms with Crippen molar-refractivity contribution in [2.75, 3.05) is 32.7 Å². The quantitative estimate of drug-likeness (QED) is 0.701. The minimum Gasteiger partial charge on any atom is -0.336 e. The topological polar surface area (TPSA) is 26.8 Å². The van der Waals surface area contributed by atoms with Gasteiger partial charge in [-0.05, 0) is 25.0 Å². The van der Waals surface area contributed by atoms with E-state index in [-0.39, 0.29) is 11.9 Å². The van der Waals surface area contributed by atoms with Gasteiger partial charge in [-0.1, -0.05) is 60.7 Å². The molecule has 2 aromatic rings. The van der Waals surface area contributed by atoms with Crippen LogP contribution in [0.5, 0.6) is 0 Å². The first-order valence-electron chi connectivity index (χ1n) is 10.4. The Morgan fingerprint density at radius 3 is 1.96 bits per heavy atom. The van der Waals surface area contributed by atoms with Crippen molar-refractivity contribution in [2.45, 2.75) is 39.4 Å². The Kier molecular flexibility index (Phi) is 7.63. The molecule has 0 radical (unpaired) electrons. The van der Waals surface area contributed by atoms with Crippen LogP contribution in [0.2, 0.25) is 0 Å². The molecule has 0 saturated carbocycles. The molecule has 0 aliphatic carbocycles. The fourth-order valence-electron chi connectivity index (χ4n) is 3.75. The van der Waals surface area contributed by atoms with Crippen molar-refractivity contribution < 1.29 is 4.79 Å². The summed E-state index contributed by atoms with van der Waals surface area (Å²) in [7, 11) is 0. The fraction of sp³-hybridized carbons (Fsp3) is 0.458. The number of rotatable bonds is 8. The van der Waals surface area contributed by atoms with E-state index in [1.807, 2.05) is 23.1 Å². The third kappa shape index (κ3) is 6.18. The summed E-state index contributed by atoms with van der Waals surface area (Å²) < 4.78 is 0. The van der Waals surface area contributed by atoms with E-state index in [0.717, 1.165) is 39.3 Å². The summed E-state index contributed by atoms with van der Waals surface area (Å²) >= 11 is 0. The van der Waals surface area contributed by atoms with Gasteiger partial charge < -0.3 is 9.80 Å². The Bertz CT molecular complexity index is 709. The van der Waals surface area contributed by atoms with E-state index in [9.17, 15) is 4.79 Å². The van der Waals surface area contributed by atoms with Gasteiger partial charge in [0.05, 0.1) is 0 Å². The summed E-state index contributed by atoms with van der Waals surface area (Å²) in [6.45, 7) is 11.0. The Morgan fingerprint density at radius 2 is 1.39 bits per heavy atom. The average molecular weight is 380 g/mol. The van der Waals surface area contributed by atoms with Gasteiger partial charge in [-0.2, -0.15) is 0 Å². The highest BCUT2D eigenvalue weighted by molar-refractivity contribution is 5.76. The molecule has 0 spiro atoms. The molecule has 1 saturated heterocycles.